The predicted octanol–water partition coefficient (Wildman–Crippen LogP) is 10.0. The maximum atomic E-state index is 12.9. The minimum absolute atomic E-state index is 0.0695. The Bertz CT molecular complexity index is 637. The van der Waals surface area contributed by atoms with Crippen LogP contribution in [0.5, 0.6) is 0 Å². The van der Waals surface area contributed by atoms with Gasteiger partial charge in [-0.15, -0.1) is 0 Å². The van der Waals surface area contributed by atoms with E-state index in [9.17, 15) is 9.46 Å². The minimum atomic E-state index is -3.76. The number of allylic oxidation sites excluding steroid dienone is 2. The lowest BCUT2D eigenvalue weighted by molar-refractivity contribution is -0.883. The fraction of sp³-hybridized carbons (Fsp3) is 0.941. The van der Waals surface area contributed by atoms with E-state index in [-0.39, 0.29) is 12.7 Å². The van der Waals surface area contributed by atoms with Gasteiger partial charge in [0.25, 0.3) is 0 Å². The highest BCUT2D eigenvalue weighted by atomic mass is 31.2. The number of rotatable bonds is 31. The van der Waals surface area contributed by atoms with Gasteiger partial charge in [0.1, 0.15) is 6.10 Å². The lowest BCUT2D eigenvalue weighted by Gasteiger charge is -2.36. The summed E-state index contributed by atoms with van der Waals surface area (Å²) in [5.74, 6) is -0.442. The molecule has 0 aromatic rings. The molecule has 0 radical (unpaired) electrons. The smallest absolute Gasteiger partial charge is 0.379 e. The zero-order chi connectivity index (χ0) is 30.7. The van der Waals surface area contributed by atoms with Crippen molar-refractivity contribution < 1.29 is 27.9 Å². The van der Waals surface area contributed by atoms with Gasteiger partial charge in [-0.1, -0.05) is 116 Å². The number of quaternary nitrogens is 1. The molecule has 1 N–H and O–H groups in total. The third kappa shape index (κ3) is 24.9. The second-order valence-electron chi connectivity index (χ2n) is 12.9. The van der Waals surface area contributed by atoms with Crippen molar-refractivity contribution in [2.75, 3.05) is 48.1 Å². The number of hydrogen-bond acceptors (Lipinski definition) is 4. The van der Waals surface area contributed by atoms with Gasteiger partial charge in [0.05, 0.1) is 34.4 Å². The number of methoxy groups -OCH3 is 1. The van der Waals surface area contributed by atoms with Gasteiger partial charge < -0.3 is 23.4 Å². The molecule has 2 unspecified atom stereocenters. The third-order valence-corrected chi connectivity index (χ3v) is 10.2. The van der Waals surface area contributed by atoms with E-state index in [1.165, 1.54) is 116 Å². The van der Waals surface area contributed by atoms with Gasteiger partial charge in [0, 0.05) is 20.1 Å². The Morgan fingerprint density at radius 1 is 0.683 bits per heavy atom. The van der Waals surface area contributed by atoms with Crippen LogP contribution in [0.2, 0.25) is 0 Å². The van der Waals surface area contributed by atoms with E-state index in [1.54, 1.807) is 7.11 Å². The average Bonchev–Trinajstić information content (AvgIpc) is 2.93. The Labute approximate surface area is 256 Å². The summed E-state index contributed by atoms with van der Waals surface area (Å²) >= 11 is 0. The molecule has 246 valence electrons. The molecule has 0 saturated heterocycles. The van der Waals surface area contributed by atoms with Crippen molar-refractivity contribution in [3.63, 3.8) is 0 Å². The predicted molar refractivity (Wildman–Crippen MR) is 177 cm³/mol. The van der Waals surface area contributed by atoms with E-state index >= 15 is 0 Å². The van der Waals surface area contributed by atoms with E-state index < -0.39 is 13.4 Å². The standard InChI is InChI=1S/C34H70NO5P/c1-7-9-10-11-12-13-14-15-16-17-18-19-20-21-22-23-24-25-26-27-28-30-39-31-33(38-6)32-40-41(36,37)34(29-8-2)35(3,4)5/h17-18,33-34H,7-16,19-32H2,1-6H3/p+1/b18-17-/t33-,34?/m1/s1. The summed E-state index contributed by atoms with van der Waals surface area (Å²) in [5.41, 5.74) is 0. The fourth-order valence-electron chi connectivity index (χ4n) is 5.26. The summed E-state index contributed by atoms with van der Waals surface area (Å²) in [4.78, 5) is 10.6. The first-order valence-corrected chi connectivity index (χ1v) is 18.9. The molecule has 41 heavy (non-hydrogen) atoms. The third-order valence-electron chi connectivity index (χ3n) is 7.95. The van der Waals surface area contributed by atoms with Crippen molar-refractivity contribution in [1.82, 2.24) is 0 Å². The molecule has 0 rings (SSSR count). The molecule has 0 aromatic carbocycles. The van der Waals surface area contributed by atoms with Gasteiger partial charge in [-0.3, -0.25) is 4.57 Å². The number of nitrogens with zero attached hydrogens (tertiary/aromatic N) is 1. The largest absolute Gasteiger partial charge is 0.385 e. The summed E-state index contributed by atoms with van der Waals surface area (Å²) in [7, 11) is 3.64. The van der Waals surface area contributed by atoms with Crippen molar-refractivity contribution >= 4 is 7.60 Å². The van der Waals surface area contributed by atoms with Crippen LogP contribution in [0.1, 0.15) is 149 Å². The van der Waals surface area contributed by atoms with Crippen molar-refractivity contribution in [2.45, 2.75) is 161 Å². The number of hydrogen-bond donors (Lipinski definition) is 1. The Balaban J connectivity index is 3.60. The lowest BCUT2D eigenvalue weighted by atomic mass is 10.1. The molecule has 6 nitrogen and oxygen atoms in total. The highest BCUT2D eigenvalue weighted by Crippen LogP contribution is 2.51. The quantitative estimate of drug-likeness (QED) is 0.0369. The van der Waals surface area contributed by atoms with Crippen LogP contribution < -0.4 is 0 Å². The molecule has 7 heteroatoms. The van der Waals surface area contributed by atoms with Gasteiger partial charge >= 0.3 is 7.60 Å². The zero-order valence-electron chi connectivity index (χ0n) is 28.3. The van der Waals surface area contributed by atoms with Crippen LogP contribution in [0, 0.1) is 0 Å². The van der Waals surface area contributed by atoms with E-state index in [2.05, 4.69) is 19.1 Å². The Kier molecular flexibility index (Phi) is 27.2. The van der Waals surface area contributed by atoms with Gasteiger partial charge in [-0.25, -0.2) is 0 Å². The van der Waals surface area contributed by atoms with Crippen LogP contribution in [0.15, 0.2) is 12.2 Å². The van der Waals surface area contributed by atoms with Crippen LogP contribution in [0.4, 0.5) is 0 Å². The topological polar surface area (TPSA) is 65.0 Å². The fourth-order valence-corrected chi connectivity index (χ4v) is 7.27. The summed E-state index contributed by atoms with van der Waals surface area (Å²) in [6, 6.07) is 0. The Hall–Kier alpha value is -0.230. The first-order chi connectivity index (χ1) is 19.7. The molecule has 0 heterocycles. The molecule has 0 aliphatic rings. The molecule has 0 bridgehead atoms. The minimum Gasteiger partial charge on any atom is -0.379 e. The van der Waals surface area contributed by atoms with Gasteiger partial charge in [-0.2, -0.15) is 0 Å². The van der Waals surface area contributed by atoms with E-state index in [4.69, 9.17) is 14.0 Å². The summed E-state index contributed by atoms with van der Waals surface area (Å²) in [6.07, 6.45) is 31.3. The van der Waals surface area contributed by atoms with Gasteiger partial charge in [0.15, 0.2) is 5.78 Å². The molecule has 0 saturated carbocycles. The first-order valence-electron chi connectivity index (χ1n) is 17.2. The van der Waals surface area contributed by atoms with Crippen molar-refractivity contribution in [2.24, 2.45) is 0 Å². The molecule has 0 fully saturated rings. The molecular weight excluding hydrogens is 533 g/mol. The maximum absolute atomic E-state index is 12.9. The molecular formula is C34H71NO5P+. The maximum Gasteiger partial charge on any atom is 0.385 e. The second-order valence-corrected chi connectivity index (χ2v) is 14.9. The van der Waals surface area contributed by atoms with Crippen LogP contribution in [0.25, 0.3) is 0 Å². The highest BCUT2D eigenvalue weighted by molar-refractivity contribution is 7.53. The van der Waals surface area contributed by atoms with Crippen LogP contribution in [-0.2, 0) is 18.6 Å². The molecule has 0 spiro atoms. The highest BCUT2D eigenvalue weighted by Gasteiger charge is 2.42. The zero-order valence-corrected chi connectivity index (χ0v) is 29.1. The van der Waals surface area contributed by atoms with Crippen molar-refractivity contribution in [3.05, 3.63) is 12.2 Å². The Morgan fingerprint density at radius 2 is 1.15 bits per heavy atom. The summed E-state index contributed by atoms with van der Waals surface area (Å²) in [5, 5.41) is 0. The van der Waals surface area contributed by atoms with E-state index in [1.807, 2.05) is 28.1 Å². The average molecular weight is 605 g/mol. The van der Waals surface area contributed by atoms with Gasteiger partial charge in [-0.05, 0) is 38.5 Å². The van der Waals surface area contributed by atoms with Gasteiger partial charge in [0.2, 0.25) is 0 Å². The first kappa shape index (κ1) is 40.8. The second kappa shape index (κ2) is 27.3. The summed E-state index contributed by atoms with van der Waals surface area (Å²) in [6.45, 7) is 5.45. The van der Waals surface area contributed by atoms with Crippen LogP contribution in [0.3, 0.4) is 0 Å². The molecule has 0 aromatic heterocycles. The van der Waals surface area contributed by atoms with E-state index in [0.717, 1.165) is 12.8 Å². The molecule has 0 aliphatic carbocycles. The van der Waals surface area contributed by atoms with Crippen LogP contribution >= 0.6 is 7.60 Å². The van der Waals surface area contributed by atoms with Crippen LogP contribution in [-0.4, -0.2) is 69.3 Å². The molecule has 0 aliphatic heterocycles. The number of ether oxygens (including phenoxy) is 2. The summed E-state index contributed by atoms with van der Waals surface area (Å²) < 4.78 is 30.0. The van der Waals surface area contributed by atoms with E-state index in [0.29, 0.717) is 24.1 Å². The van der Waals surface area contributed by atoms with Crippen molar-refractivity contribution in [3.8, 4) is 0 Å². The lowest BCUT2D eigenvalue weighted by Crippen LogP contribution is -2.45. The molecule has 3 atom stereocenters. The molecule has 0 amide bonds. The Morgan fingerprint density at radius 3 is 1.59 bits per heavy atom. The normalized spacial score (nSPS) is 15.4. The SMILES string of the molecule is CCCCCCCCCC/C=C\CCCCCCCCCCCOC[C@H](COP(=O)(O)C(CCC)[N+](C)(C)C)OC. The monoisotopic (exact) mass is 605 g/mol. The number of unbranched alkanes of at least 4 members (excludes halogenated alkanes) is 17. The van der Waals surface area contributed by atoms with Crippen molar-refractivity contribution in [1.29, 1.82) is 0 Å².